The second-order valence-corrected chi connectivity index (χ2v) is 8.64. The van der Waals surface area contributed by atoms with Crippen LogP contribution in [0, 0.1) is 26.6 Å². The van der Waals surface area contributed by atoms with Gasteiger partial charge in [0.15, 0.2) is 11.5 Å². The largest absolute Gasteiger partial charge is 0.310 e. The maximum atomic E-state index is 14.7. The molecule has 0 atom stereocenters. The summed E-state index contributed by atoms with van der Waals surface area (Å²) >= 11 is 0. The van der Waals surface area contributed by atoms with Gasteiger partial charge in [0.05, 0.1) is 17.3 Å². The zero-order valence-electron chi connectivity index (χ0n) is 18.5. The Balaban J connectivity index is 1.68. The number of benzene rings is 1. The molecule has 1 aliphatic heterocycles. The van der Waals surface area contributed by atoms with Crippen LogP contribution in [-0.4, -0.2) is 35.6 Å². The Labute approximate surface area is 184 Å². The van der Waals surface area contributed by atoms with Gasteiger partial charge in [-0.3, -0.25) is 4.79 Å². The highest BCUT2D eigenvalue weighted by atomic mass is 19.1. The molecule has 162 valence electrons. The topological polar surface area (TPSA) is 98.5 Å². The van der Waals surface area contributed by atoms with Crippen LogP contribution in [0.3, 0.4) is 0 Å². The zero-order chi connectivity index (χ0) is 22.8. The number of anilines is 1. The van der Waals surface area contributed by atoms with Gasteiger partial charge < -0.3 is 5.32 Å². The normalized spacial score (nSPS) is 14.6. The Morgan fingerprint density at radius 1 is 1.12 bits per heavy atom. The lowest BCUT2D eigenvalue weighted by molar-refractivity contribution is -0.119. The Hall–Kier alpha value is -3.75. The Morgan fingerprint density at radius 2 is 1.91 bits per heavy atom. The van der Waals surface area contributed by atoms with Crippen molar-refractivity contribution in [3.63, 3.8) is 0 Å². The van der Waals surface area contributed by atoms with Crippen LogP contribution in [0.25, 0.3) is 22.6 Å². The molecule has 5 rings (SSSR count). The van der Waals surface area contributed by atoms with Crippen LogP contribution in [0.15, 0.2) is 24.4 Å². The van der Waals surface area contributed by atoms with Crippen LogP contribution in [0.1, 0.15) is 42.1 Å². The smallest absolute Gasteiger partial charge is 0.235 e. The summed E-state index contributed by atoms with van der Waals surface area (Å²) in [4.78, 5) is 30.5. The number of rotatable bonds is 3. The summed E-state index contributed by atoms with van der Waals surface area (Å²) in [6, 6.07) is 5.28. The van der Waals surface area contributed by atoms with E-state index in [1.807, 2.05) is 26.8 Å². The molecule has 8 nitrogen and oxygen atoms in total. The van der Waals surface area contributed by atoms with E-state index in [2.05, 4.69) is 25.3 Å². The Morgan fingerprint density at radius 3 is 2.69 bits per heavy atom. The van der Waals surface area contributed by atoms with Crippen molar-refractivity contribution in [3.8, 4) is 11.5 Å². The summed E-state index contributed by atoms with van der Waals surface area (Å²) in [5, 5.41) is 8.21. The number of fused-ring (bicyclic) bond motifs is 2. The number of nitrogens with one attached hydrogen (secondary N) is 1. The molecule has 9 heteroatoms. The van der Waals surface area contributed by atoms with Crippen molar-refractivity contribution in [2.75, 3.05) is 5.32 Å². The first-order chi connectivity index (χ1) is 15.2. The summed E-state index contributed by atoms with van der Waals surface area (Å²) < 4.78 is 16.3. The predicted molar refractivity (Wildman–Crippen MR) is 118 cm³/mol. The number of nitrogens with zero attached hydrogens (tertiary/aromatic N) is 6. The van der Waals surface area contributed by atoms with E-state index < -0.39 is 5.41 Å². The highest BCUT2D eigenvalue weighted by Gasteiger charge is 2.41. The van der Waals surface area contributed by atoms with Crippen molar-refractivity contribution in [1.29, 1.82) is 0 Å². The third-order valence-electron chi connectivity index (χ3n) is 5.93. The van der Waals surface area contributed by atoms with Gasteiger partial charge in [-0.25, -0.2) is 29.0 Å². The maximum absolute atomic E-state index is 14.7. The number of aromatic nitrogens is 6. The molecule has 1 N–H and O–H groups in total. The molecule has 3 aromatic heterocycles. The highest BCUT2D eigenvalue weighted by molar-refractivity contribution is 6.05. The molecule has 4 heterocycles. The van der Waals surface area contributed by atoms with Crippen molar-refractivity contribution in [3.05, 3.63) is 58.4 Å². The lowest BCUT2D eigenvalue weighted by atomic mass is 9.86. The third kappa shape index (κ3) is 2.96. The molecule has 1 aliphatic rings. The minimum Gasteiger partial charge on any atom is -0.310 e. The molecule has 0 aliphatic carbocycles. The first kappa shape index (κ1) is 20.2. The van der Waals surface area contributed by atoms with Crippen molar-refractivity contribution in [2.45, 2.75) is 46.6 Å². The van der Waals surface area contributed by atoms with E-state index in [0.717, 1.165) is 5.56 Å². The summed E-state index contributed by atoms with van der Waals surface area (Å²) in [5.74, 6) is 1.04. The predicted octanol–water partition coefficient (Wildman–Crippen LogP) is 3.63. The van der Waals surface area contributed by atoms with Crippen molar-refractivity contribution < 1.29 is 9.18 Å². The van der Waals surface area contributed by atoms with Crippen LogP contribution < -0.4 is 5.32 Å². The standard InChI is InChI=1S/C23H22FN7O/c1-11-7-6-8-14(17(11)24)10-31-21-15(9-25-13(3)27-21)18(30-31)20-26-12(2)16-19(28-20)29-22(32)23(16,4)5/h6-9H,10H2,1-5H3,(H,26,28,29,32). The minimum atomic E-state index is -0.706. The van der Waals surface area contributed by atoms with Crippen LogP contribution in [-0.2, 0) is 16.8 Å². The molecule has 0 unspecified atom stereocenters. The van der Waals surface area contributed by atoms with Crippen LogP contribution >= 0.6 is 0 Å². The molecule has 0 radical (unpaired) electrons. The fraction of sp³-hybridized carbons (Fsp3) is 0.304. The molecular formula is C23H22FN7O. The molecule has 0 fully saturated rings. The van der Waals surface area contributed by atoms with Gasteiger partial charge in [0.25, 0.3) is 0 Å². The molecule has 0 spiro atoms. The summed E-state index contributed by atoms with van der Waals surface area (Å²) in [5.41, 5.74) is 2.91. The number of hydrogen-bond donors (Lipinski definition) is 1. The van der Waals surface area contributed by atoms with E-state index in [4.69, 9.17) is 5.10 Å². The number of halogens is 1. The van der Waals surface area contributed by atoms with Crippen LogP contribution in [0.5, 0.6) is 0 Å². The van der Waals surface area contributed by atoms with Gasteiger partial charge >= 0.3 is 0 Å². The number of carbonyl (C=O) groups excluding carboxylic acids is 1. The van der Waals surface area contributed by atoms with E-state index in [9.17, 15) is 9.18 Å². The third-order valence-corrected chi connectivity index (χ3v) is 5.93. The maximum Gasteiger partial charge on any atom is 0.235 e. The summed E-state index contributed by atoms with van der Waals surface area (Å²) in [6.45, 7) is 9.27. The van der Waals surface area contributed by atoms with E-state index in [-0.39, 0.29) is 18.3 Å². The van der Waals surface area contributed by atoms with Gasteiger partial charge in [0.2, 0.25) is 5.91 Å². The van der Waals surface area contributed by atoms with E-state index >= 15 is 0 Å². The lowest BCUT2D eigenvalue weighted by Gasteiger charge is -2.16. The fourth-order valence-corrected chi connectivity index (χ4v) is 4.21. The monoisotopic (exact) mass is 431 g/mol. The van der Waals surface area contributed by atoms with Gasteiger partial charge in [-0.2, -0.15) is 5.10 Å². The Kier molecular flexibility index (Phi) is 4.34. The number of carbonyl (C=O) groups is 1. The second-order valence-electron chi connectivity index (χ2n) is 8.64. The quantitative estimate of drug-likeness (QED) is 0.532. The van der Waals surface area contributed by atoms with Crippen molar-refractivity contribution in [2.24, 2.45) is 0 Å². The zero-order valence-corrected chi connectivity index (χ0v) is 18.5. The van der Waals surface area contributed by atoms with E-state index in [1.54, 1.807) is 36.9 Å². The molecule has 1 aromatic carbocycles. The molecular weight excluding hydrogens is 409 g/mol. The lowest BCUT2D eigenvalue weighted by Crippen LogP contribution is -2.27. The molecule has 0 saturated carbocycles. The summed E-state index contributed by atoms with van der Waals surface area (Å²) in [7, 11) is 0. The molecule has 0 saturated heterocycles. The second kappa shape index (κ2) is 6.88. The van der Waals surface area contributed by atoms with Gasteiger partial charge in [-0.1, -0.05) is 18.2 Å². The average molecular weight is 431 g/mol. The van der Waals surface area contributed by atoms with Gasteiger partial charge in [0, 0.05) is 23.0 Å². The van der Waals surface area contributed by atoms with Gasteiger partial charge in [0.1, 0.15) is 23.2 Å². The minimum absolute atomic E-state index is 0.119. The first-order valence-corrected chi connectivity index (χ1v) is 10.3. The molecule has 4 aromatic rings. The highest BCUT2D eigenvalue weighted by Crippen LogP contribution is 2.39. The molecule has 0 bridgehead atoms. The van der Waals surface area contributed by atoms with E-state index in [1.165, 1.54) is 0 Å². The molecule has 1 amide bonds. The van der Waals surface area contributed by atoms with Crippen LogP contribution in [0.2, 0.25) is 0 Å². The number of amides is 1. The summed E-state index contributed by atoms with van der Waals surface area (Å²) in [6.07, 6.45) is 1.68. The number of aryl methyl sites for hydroxylation is 3. The van der Waals surface area contributed by atoms with Gasteiger partial charge in [-0.05, 0) is 40.2 Å². The van der Waals surface area contributed by atoms with Crippen molar-refractivity contribution >= 4 is 22.8 Å². The Bertz CT molecular complexity index is 1420. The fourth-order valence-electron chi connectivity index (χ4n) is 4.21. The van der Waals surface area contributed by atoms with Crippen LogP contribution in [0.4, 0.5) is 10.2 Å². The SMILES string of the molecule is Cc1ncc2c(-c3nc(C)c4c(n3)NC(=O)C4(C)C)nn(Cc3cccc(C)c3F)c2n1. The number of hydrogen-bond acceptors (Lipinski definition) is 6. The van der Waals surface area contributed by atoms with Gasteiger partial charge in [-0.15, -0.1) is 0 Å². The molecule has 32 heavy (non-hydrogen) atoms. The average Bonchev–Trinajstić information content (AvgIpc) is 3.19. The van der Waals surface area contributed by atoms with Crippen molar-refractivity contribution in [1.82, 2.24) is 29.7 Å². The first-order valence-electron chi connectivity index (χ1n) is 10.3. The van der Waals surface area contributed by atoms with E-state index in [0.29, 0.717) is 51.0 Å².